The molecule has 0 spiro atoms. The average Bonchev–Trinajstić information content (AvgIpc) is 2.83. The van der Waals surface area contributed by atoms with E-state index in [2.05, 4.69) is 4.99 Å². The van der Waals surface area contributed by atoms with Crippen LogP contribution in [0.2, 0.25) is 0 Å². The lowest BCUT2D eigenvalue weighted by atomic mass is 10.1. The fourth-order valence-corrected chi connectivity index (χ4v) is 3.49. The average molecular weight is 426 g/mol. The summed E-state index contributed by atoms with van der Waals surface area (Å²) in [6, 6.07) is 23.3. The van der Waals surface area contributed by atoms with Gasteiger partial charge in [0.25, 0.3) is 5.56 Å². The van der Waals surface area contributed by atoms with Gasteiger partial charge in [0.1, 0.15) is 0 Å². The Morgan fingerprint density at radius 3 is 2.31 bits per heavy atom. The molecule has 1 heterocycles. The van der Waals surface area contributed by atoms with E-state index in [-0.39, 0.29) is 24.0 Å². The molecule has 0 fully saturated rings. The number of carbonyl (C=O) groups excluding carboxylic acids is 1. The van der Waals surface area contributed by atoms with Gasteiger partial charge >= 0.3 is 5.97 Å². The first-order chi connectivity index (χ1) is 15.6. The van der Waals surface area contributed by atoms with Crippen molar-refractivity contribution in [2.75, 3.05) is 6.61 Å². The maximum absolute atomic E-state index is 13.0. The predicted molar refractivity (Wildman–Crippen MR) is 125 cm³/mol. The first-order valence-corrected chi connectivity index (χ1v) is 10.3. The van der Waals surface area contributed by atoms with Crippen molar-refractivity contribution in [2.24, 2.45) is 4.99 Å². The summed E-state index contributed by atoms with van der Waals surface area (Å²) >= 11 is 0. The Kier molecular flexibility index (Phi) is 6.12. The molecule has 6 nitrogen and oxygen atoms in total. The first-order valence-electron chi connectivity index (χ1n) is 10.3. The smallest absolute Gasteiger partial charge is 0.338 e. The van der Waals surface area contributed by atoms with E-state index in [1.54, 1.807) is 49.4 Å². The summed E-state index contributed by atoms with van der Waals surface area (Å²) in [6.45, 7) is 2.31. The Morgan fingerprint density at radius 2 is 1.62 bits per heavy atom. The zero-order valence-corrected chi connectivity index (χ0v) is 17.6. The van der Waals surface area contributed by atoms with Crippen LogP contribution in [0.4, 0.5) is 5.69 Å². The largest absolute Gasteiger partial charge is 0.494 e. The molecule has 32 heavy (non-hydrogen) atoms. The highest BCUT2D eigenvalue weighted by Gasteiger charge is 2.15. The van der Waals surface area contributed by atoms with Gasteiger partial charge < -0.3 is 9.84 Å². The molecule has 0 saturated carbocycles. The van der Waals surface area contributed by atoms with Gasteiger partial charge in [0.15, 0.2) is 0 Å². The van der Waals surface area contributed by atoms with Crippen LogP contribution in [0.5, 0.6) is 5.88 Å². The van der Waals surface area contributed by atoms with Crippen LogP contribution in [0.3, 0.4) is 0 Å². The highest BCUT2D eigenvalue weighted by molar-refractivity contribution is 6.02. The van der Waals surface area contributed by atoms with E-state index in [9.17, 15) is 14.7 Å². The van der Waals surface area contributed by atoms with Crippen molar-refractivity contribution >= 4 is 28.6 Å². The summed E-state index contributed by atoms with van der Waals surface area (Å²) in [6.07, 6.45) is 1.54. The minimum absolute atomic E-state index is 0.149. The van der Waals surface area contributed by atoms with Gasteiger partial charge in [0, 0.05) is 17.0 Å². The molecule has 1 N–H and O–H groups in total. The number of pyridine rings is 1. The standard InChI is InChI=1S/C26H22N2O4/c1-2-32-26(31)19-12-14-20(15-13-19)27-16-23-21-10-6-7-11-22(21)24(29)28(25(23)30)17-18-8-4-3-5-9-18/h3-16,30H,2,17H2,1H3. The quantitative estimate of drug-likeness (QED) is 0.358. The Morgan fingerprint density at radius 1 is 0.969 bits per heavy atom. The SMILES string of the molecule is CCOC(=O)c1ccc(N=Cc2c(O)n(Cc3ccccc3)c(=O)c3ccccc23)cc1. The molecular formula is C26H22N2O4. The van der Waals surface area contributed by atoms with E-state index >= 15 is 0 Å². The van der Waals surface area contributed by atoms with Gasteiger partial charge in [-0.25, -0.2) is 4.79 Å². The van der Waals surface area contributed by atoms with Crippen molar-refractivity contribution in [3.05, 3.63) is 106 Å². The Balaban J connectivity index is 1.75. The minimum atomic E-state index is -0.389. The Hall–Kier alpha value is -4.19. The second-order valence-electron chi connectivity index (χ2n) is 7.19. The van der Waals surface area contributed by atoms with Crippen molar-refractivity contribution < 1.29 is 14.6 Å². The molecule has 3 aromatic carbocycles. The number of hydrogen-bond donors (Lipinski definition) is 1. The third-order valence-electron chi connectivity index (χ3n) is 5.09. The molecule has 0 aliphatic carbocycles. The van der Waals surface area contributed by atoms with Crippen LogP contribution < -0.4 is 5.56 Å². The highest BCUT2D eigenvalue weighted by atomic mass is 16.5. The van der Waals surface area contributed by atoms with Crippen molar-refractivity contribution in [1.29, 1.82) is 0 Å². The maximum Gasteiger partial charge on any atom is 0.338 e. The summed E-state index contributed by atoms with van der Waals surface area (Å²) in [5.41, 5.74) is 2.12. The van der Waals surface area contributed by atoms with Gasteiger partial charge in [-0.2, -0.15) is 0 Å². The maximum atomic E-state index is 13.0. The summed E-state index contributed by atoms with van der Waals surface area (Å²) in [5.74, 6) is -0.538. The van der Waals surface area contributed by atoms with E-state index in [1.807, 2.05) is 36.4 Å². The van der Waals surface area contributed by atoms with Crippen LogP contribution in [0.15, 0.2) is 88.6 Å². The molecule has 6 heteroatoms. The fourth-order valence-electron chi connectivity index (χ4n) is 3.49. The number of esters is 1. The predicted octanol–water partition coefficient (Wildman–Crippen LogP) is 4.68. The second-order valence-corrected chi connectivity index (χ2v) is 7.19. The number of ether oxygens (including phenoxy) is 1. The van der Waals surface area contributed by atoms with Crippen LogP contribution >= 0.6 is 0 Å². The minimum Gasteiger partial charge on any atom is -0.494 e. The summed E-state index contributed by atoms with van der Waals surface area (Å²) in [5, 5.41) is 12.1. The normalized spacial score (nSPS) is 11.2. The van der Waals surface area contributed by atoms with Crippen LogP contribution in [-0.4, -0.2) is 28.5 Å². The van der Waals surface area contributed by atoms with Crippen LogP contribution in [0.25, 0.3) is 10.8 Å². The molecule has 0 aliphatic heterocycles. The Labute approximate surface area is 185 Å². The number of aromatic nitrogens is 1. The highest BCUT2D eigenvalue weighted by Crippen LogP contribution is 2.25. The summed E-state index contributed by atoms with van der Waals surface area (Å²) in [4.78, 5) is 29.3. The number of aliphatic imine (C=N–C) groups is 1. The zero-order valence-electron chi connectivity index (χ0n) is 17.6. The van der Waals surface area contributed by atoms with E-state index < -0.39 is 0 Å². The van der Waals surface area contributed by atoms with Gasteiger partial charge in [-0.05, 0) is 42.8 Å². The number of aromatic hydroxyl groups is 1. The molecule has 0 atom stereocenters. The molecule has 0 radical (unpaired) electrons. The molecule has 0 saturated heterocycles. The van der Waals surface area contributed by atoms with Crippen LogP contribution in [-0.2, 0) is 11.3 Å². The van der Waals surface area contributed by atoms with Crippen molar-refractivity contribution in [3.63, 3.8) is 0 Å². The van der Waals surface area contributed by atoms with E-state index in [4.69, 9.17) is 4.74 Å². The number of hydrogen-bond acceptors (Lipinski definition) is 5. The molecule has 1 aromatic heterocycles. The van der Waals surface area contributed by atoms with Crippen molar-refractivity contribution in [3.8, 4) is 5.88 Å². The Bertz CT molecular complexity index is 1340. The number of benzene rings is 3. The van der Waals surface area contributed by atoms with Gasteiger partial charge in [0.2, 0.25) is 5.88 Å². The molecule has 4 aromatic rings. The molecule has 0 amide bonds. The lowest BCUT2D eigenvalue weighted by Crippen LogP contribution is -2.22. The van der Waals surface area contributed by atoms with E-state index in [1.165, 1.54) is 10.8 Å². The molecule has 0 bridgehead atoms. The number of fused-ring (bicyclic) bond motifs is 1. The van der Waals surface area contributed by atoms with Gasteiger partial charge in [-0.15, -0.1) is 0 Å². The third-order valence-corrected chi connectivity index (χ3v) is 5.09. The van der Waals surface area contributed by atoms with E-state index in [0.29, 0.717) is 34.2 Å². The summed E-state index contributed by atoms with van der Waals surface area (Å²) in [7, 11) is 0. The third kappa shape index (κ3) is 4.30. The van der Waals surface area contributed by atoms with Gasteiger partial charge in [-0.1, -0.05) is 48.5 Å². The number of rotatable bonds is 6. The van der Waals surface area contributed by atoms with Crippen molar-refractivity contribution in [2.45, 2.75) is 13.5 Å². The second kappa shape index (κ2) is 9.31. The first kappa shape index (κ1) is 21.1. The molecule has 4 rings (SSSR count). The van der Waals surface area contributed by atoms with Crippen LogP contribution in [0.1, 0.15) is 28.4 Å². The van der Waals surface area contributed by atoms with Crippen LogP contribution in [0, 0.1) is 0 Å². The van der Waals surface area contributed by atoms with E-state index in [0.717, 1.165) is 5.56 Å². The molecule has 0 unspecified atom stereocenters. The lowest BCUT2D eigenvalue weighted by Gasteiger charge is -2.13. The number of carbonyl (C=O) groups is 1. The summed E-state index contributed by atoms with van der Waals surface area (Å²) < 4.78 is 6.34. The topological polar surface area (TPSA) is 80.9 Å². The lowest BCUT2D eigenvalue weighted by molar-refractivity contribution is 0.0526. The van der Waals surface area contributed by atoms with Gasteiger partial charge in [0.05, 0.1) is 30.0 Å². The monoisotopic (exact) mass is 426 g/mol. The van der Waals surface area contributed by atoms with Gasteiger partial charge in [-0.3, -0.25) is 14.4 Å². The number of nitrogens with zero attached hydrogens (tertiary/aromatic N) is 2. The molecule has 160 valence electrons. The fraction of sp³-hybridized carbons (Fsp3) is 0.115. The molecular weight excluding hydrogens is 404 g/mol. The van der Waals surface area contributed by atoms with Crippen molar-refractivity contribution in [1.82, 2.24) is 4.57 Å². The zero-order chi connectivity index (χ0) is 22.5. The molecule has 0 aliphatic rings.